The molecule has 0 spiro atoms. The summed E-state index contributed by atoms with van der Waals surface area (Å²) in [4.78, 5) is 32.3. The molecule has 26 heavy (non-hydrogen) atoms. The van der Waals surface area contributed by atoms with Crippen molar-refractivity contribution in [1.82, 2.24) is 18.7 Å². The molecule has 0 N–H and O–H groups in total. The topological polar surface area (TPSA) is 65.1 Å². The SMILES string of the molecule is CC=CCn1c(=O)c2c(nc3n2CCN3c2cccc(C)c2)n(C)c1=O. The van der Waals surface area contributed by atoms with Gasteiger partial charge in [-0.2, -0.15) is 4.98 Å². The van der Waals surface area contributed by atoms with Crippen LogP contribution in [0.4, 0.5) is 11.6 Å². The molecule has 0 amide bonds. The predicted octanol–water partition coefficient (Wildman–Crippen LogP) is 1.93. The molecule has 0 bridgehead atoms. The zero-order valence-corrected chi connectivity index (χ0v) is 15.1. The van der Waals surface area contributed by atoms with Crippen molar-refractivity contribution in [2.75, 3.05) is 11.4 Å². The second-order valence-electron chi connectivity index (χ2n) is 6.55. The highest BCUT2D eigenvalue weighted by molar-refractivity contribution is 5.77. The lowest BCUT2D eigenvalue weighted by Gasteiger charge is -2.16. The van der Waals surface area contributed by atoms with Crippen molar-refractivity contribution in [3.8, 4) is 0 Å². The Morgan fingerprint density at radius 2 is 2.04 bits per heavy atom. The third kappa shape index (κ3) is 2.31. The van der Waals surface area contributed by atoms with E-state index < -0.39 is 0 Å². The minimum Gasteiger partial charge on any atom is -0.310 e. The van der Waals surface area contributed by atoms with Crippen molar-refractivity contribution in [3.05, 3.63) is 62.8 Å². The fourth-order valence-electron chi connectivity index (χ4n) is 3.49. The summed E-state index contributed by atoms with van der Waals surface area (Å²) in [6.45, 7) is 5.59. The Balaban J connectivity index is 1.95. The fourth-order valence-corrected chi connectivity index (χ4v) is 3.49. The minimum atomic E-state index is -0.348. The molecule has 1 aliphatic heterocycles. The summed E-state index contributed by atoms with van der Waals surface area (Å²) in [7, 11) is 1.66. The van der Waals surface area contributed by atoms with E-state index in [2.05, 4.69) is 16.0 Å². The third-order valence-electron chi connectivity index (χ3n) is 4.84. The van der Waals surface area contributed by atoms with Crippen molar-refractivity contribution in [1.29, 1.82) is 0 Å². The summed E-state index contributed by atoms with van der Waals surface area (Å²) in [5, 5.41) is 0. The number of hydrogen-bond acceptors (Lipinski definition) is 4. The Morgan fingerprint density at radius 3 is 2.77 bits per heavy atom. The molecule has 0 radical (unpaired) electrons. The predicted molar refractivity (Wildman–Crippen MR) is 102 cm³/mol. The van der Waals surface area contributed by atoms with Crippen LogP contribution in [0.3, 0.4) is 0 Å². The first-order chi connectivity index (χ1) is 12.5. The smallest absolute Gasteiger partial charge is 0.310 e. The normalized spacial score (nSPS) is 13.9. The molecule has 0 fully saturated rings. The third-order valence-corrected chi connectivity index (χ3v) is 4.84. The van der Waals surface area contributed by atoms with Crippen LogP contribution in [0.15, 0.2) is 46.0 Å². The standard InChI is InChI=1S/C19H21N5O2/c1-4-5-9-24-17(25)15-16(21(3)19(24)26)20-18-22(10-11-23(15)18)14-8-6-7-13(2)12-14/h4-8,12H,9-11H2,1-3H3. The summed E-state index contributed by atoms with van der Waals surface area (Å²) in [6.07, 6.45) is 3.63. The first-order valence-corrected chi connectivity index (χ1v) is 8.68. The van der Waals surface area contributed by atoms with E-state index in [4.69, 9.17) is 0 Å². The number of anilines is 2. The highest BCUT2D eigenvalue weighted by Gasteiger charge is 2.28. The van der Waals surface area contributed by atoms with E-state index in [1.165, 1.54) is 9.13 Å². The maximum absolute atomic E-state index is 13.0. The van der Waals surface area contributed by atoms with Crippen LogP contribution in [0.25, 0.3) is 11.2 Å². The molecular weight excluding hydrogens is 330 g/mol. The molecule has 0 unspecified atom stereocenters. The maximum Gasteiger partial charge on any atom is 0.332 e. The van der Waals surface area contributed by atoms with Crippen LogP contribution < -0.4 is 16.1 Å². The number of aryl methyl sites for hydroxylation is 2. The summed E-state index contributed by atoms with van der Waals surface area (Å²) >= 11 is 0. The van der Waals surface area contributed by atoms with Crippen LogP contribution in [0.1, 0.15) is 12.5 Å². The van der Waals surface area contributed by atoms with E-state index in [1.54, 1.807) is 13.1 Å². The van der Waals surface area contributed by atoms with Crippen LogP contribution in [-0.2, 0) is 20.1 Å². The zero-order valence-electron chi connectivity index (χ0n) is 15.1. The molecule has 0 saturated heterocycles. The van der Waals surface area contributed by atoms with E-state index in [0.29, 0.717) is 23.7 Å². The highest BCUT2D eigenvalue weighted by atomic mass is 16.2. The molecule has 1 aromatic carbocycles. The van der Waals surface area contributed by atoms with Gasteiger partial charge in [-0.1, -0.05) is 24.3 Å². The minimum absolute atomic E-state index is 0.264. The summed E-state index contributed by atoms with van der Waals surface area (Å²) in [5.74, 6) is 0.710. The molecule has 2 aromatic heterocycles. The maximum atomic E-state index is 13.0. The van der Waals surface area contributed by atoms with Gasteiger partial charge in [0.25, 0.3) is 5.56 Å². The van der Waals surface area contributed by atoms with Crippen LogP contribution in [-0.4, -0.2) is 25.2 Å². The molecule has 0 atom stereocenters. The first-order valence-electron chi connectivity index (χ1n) is 8.68. The second-order valence-corrected chi connectivity index (χ2v) is 6.55. The van der Waals surface area contributed by atoms with Crippen molar-refractivity contribution in [2.24, 2.45) is 7.05 Å². The van der Waals surface area contributed by atoms with E-state index in [-0.39, 0.29) is 17.8 Å². The molecular formula is C19H21N5O2. The van der Waals surface area contributed by atoms with Crippen LogP contribution in [0, 0.1) is 6.92 Å². The molecule has 4 rings (SSSR count). The Morgan fingerprint density at radius 1 is 1.23 bits per heavy atom. The number of fused-ring (bicyclic) bond motifs is 3. The quantitative estimate of drug-likeness (QED) is 0.677. The van der Waals surface area contributed by atoms with E-state index in [1.807, 2.05) is 42.7 Å². The molecule has 7 nitrogen and oxygen atoms in total. The van der Waals surface area contributed by atoms with Crippen molar-refractivity contribution in [2.45, 2.75) is 26.9 Å². The summed E-state index contributed by atoms with van der Waals surface area (Å²) in [5.41, 5.74) is 2.49. The molecule has 134 valence electrons. The van der Waals surface area contributed by atoms with E-state index in [0.717, 1.165) is 17.8 Å². The molecule has 1 aliphatic rings. The Kier molecular flexibility index (Phi) is 3.79. The van der Waals surface area contributed by atoms with Crippen molar-refractivity contribution < 1.29 is 0 Å². The first kappa shape index (κ1) is 16.4. The zero-order chi connectivity index (χ0) is 18.4. The number of imidazole rings is 1. The molecule has 3 heterocycles. The molecule has 7 heteroatoms. The Bertz CT molecular complexity index is 1150. The lowest BCUT2D eigenvalue weighted by molar-refractivity contribution is 0.661. The van der Waals surface area contributed by atoms with Gasteiger partial charge >= 0.3 is 5.69 Å². The number of allylic oxidation sites excluding steroid dienone is 2. The van der Waals surface area contributed by atoms with Gasteiger partial charge in [-0.05, 0) is 31.5 Å². The Hall–Kier alpha value is -3.09. The van der Waals surface area contributed by atoms with Gasteiger partial charge in [0.1, 0.15) is 0 Å². The number of aromatic nitrogens is 4. The average molecular weight is 351 g/mol. The van der Waals surface area contributed by atoms with Crippen molar-refractivity contribution >= 4 is 22.8 Å². The highest BCUT2D eigenvalue weighted by Crippen LogP contribution is 2.31. The lowest BCUT2D eigenvalue weighted by atomic mass is 10.2. The van der Waals surface area contributed by atoms with Crippen LogP contribution >= 0.6 is 0 Å². The second kappa shape index (κ2) is 6.01. The van der Waals surface area contributed by atoms with Crippen molar-refractivity contribution in [3.63, 3.8) is 0 Å². The van der Waals surface area contributed by atoms with E-state index >= 15 is 0 Å². The average Bonchev–Trinajstić information content (AvgIpc) is 3.19. The number of rotatable bonds is 3. The number of hydrogen-bond donors (Lipinski definition) is 0. The molecule has 3 aromatic rings. The van der Waals surface area contributed by atoms with Crippen LogP contribution in [0.5, 0.6) is 0 Å². The van der Waals surface area contributed by atoms with Gasteiger partial charge in [0, 0.05) is 32.4 Å². The Labute approximate surface area is 150 Å². The van der Waals surface area contributed by atoms with Gasteiger partial charge in [0.15, 0.2) is 11.2 Å². The van der Waals surface area contributed by atoms with Crippen LogP contribution in [0.2, 0.25) is 0 Å². The lowest BCUT2D eigenvalue weighted by Crippen LogP contribution is -2.39. The van der Waals surface area contributed by atoms with E-state index in [9.17, 15) is 9.59 Å². The van der Waals surface area contributed by atoms with Gasteiger partial charge in [-0.3, -0.25) is 13.9 Å². The van der Waals surface area contributed by atoms with Gasteiger partial charge < -0.3 is 9.47 Å². The van der Waals surface area contributed by atoms with Gasteiger partial charge in [-0.15, -0.1) is 0 Å². The summed E-state index contributed by atoms with van der Waals surface area (Å²) < 4.78 is 4.64. The molecule has 0 aliphatic carbocycles. The number of nitrogens with zero attached hydrogens (tertiary/aromatic N) is 5. The fraction of sp³-hybridized carbons (Fsp3) is 0.316. The van der Waals surface area contributed by atoms with Gasteiger partial charge in [0.2, 0.25) is 5.95 Å². The number of benzene rings is 1. The van der Waals surface area contributed by atoms with Gasteiger partial charge in [-0.25, -0.2) is 4.79 Å². The van der Waals surface area contributed by atoms with Gasteiger partial charge in [0.05, 0.1) is 0 Å². The molecule has 0 saturated carbocycles. The monoisotopic (exact) mass is 351 g/mol. The largest absolute Gasteiger partial charge is 0.332 e. The summed E-state index contributed by atoms with van der Waals surface area (Å²) in [6, 6.07) is 8.19.